The molecule has 37 heavy (non-hydrogen) atoms. The highest BCUT2D eigenvalue weighted by Crippen LogP contribution is 2.29. The first-order valence-electron chi connectivity index (χ1n) is 13.1. The number of nitrogens with zero attached hydrogens (tertiary/aromatic N) is 6. The van der Waals surface area contributed by atoms with Gasteiger partial charge in [-0.1, -0.05) is 48.0 Å². The van der Waals surface area contributed by atoms with Gasteiger partial charge >= 0.3 is 6.09 Å². The summed E-state index contributed by atoms with van der Waals surface area (Å²) in [7, 11) is 2.05. The Morgan fingerprint density at radius 3 is 2.35 bits per heavy atom. The standard InChI is InChI=1S/C29H36N6O2/c1-4-32(3)27-25-20-35(29(36)37-21-23-8-6-5-7-9-23)15-14-26(25)30-28(31-27)34-18-16-33(17-19-34)24-12-10-22(2)11-13-24/h5-13H,4,14-21H2,1-3H3. The van der Waals surface area contributed by atoms with E-state index in [1.54, 1.807) is 4.90 Å². The number of carbonyl (C=O) groups excluding carboxylic acids is 1. The van der Waals surface area contributed by atoms with Crippen molar-refractivity contribution < 1.29 is 9.53 Å². The van der Waals surface area contributed by atoms with E-state index in [-0.39, 0.29) is 12.7 Å². The van der Waals surface area contributed by atoms with Crippen LogP contribution < -0.4 is 14.7 Å². The first kappa shape index (κ1) is 24.9. The molecule has 0 radical (unpaired) electrons. The minimum atomic E-state index is -0.295. The number of benzene rings is 2. The topological polar surface area (TPSA) is 65.0 Å². The third-order valence-corrected chi connectivity index (χ3v) is 7.29. The molecular formula is C29H36N6O2. The number of anilines is 3. The minimum absolute atomic E-state index is 0.273. The molecule has 2 aromatic carbocycles. The summed E-state index contributed by atoms with van der Waals surface area (Å²) in [5.41, 5.74) is 5.58. The van der Waals surface area contributed by atoms with Gasteiger partial charge in [-0.3, -0.25) is 0 Å². The van der Waals surface area contributed by atoms with Crippen LogP contribution in [0.1, 0.15) is 29.3 Å². The van der Waals surface area contributed by atoms with Crippen LogP contribution in [0.2, 0.25) is 0 Å². The molecule has 2 aliphatic rings. The fourth-order valence-electron chi connectivity index (χ4n) is 4.88. The van der Waals surface area contributed by atoms with Gasteiger partial charge in [-0.2, -0.15) is 4.98 Å². The Kier molecular flexibility index (Phi) is 7.44. The van der Waals surface area contributed by atoms with Crippen molar-refractivity contribution in [2.75, 3.05) is 61.0 Å². The van der Waals surface area contributed by atoms with Crippen molar-refractivity contribution in [1.29, 1.82) is 0 Å². The molecule has 0 aliphatic carbocycles. The number of hydrogen-bond acceptors (Lipinski definition) is 7. The van der Waals surface area contributed by atoms with E-state index >= 15 is 0 Å². The summed E-state index contributed by atoms with van der Waals surface area (Å²) in [5, 5.41) is 0. The third kappa shape index (κ3) is 5.63. The van der Waals surface area contributed by atoms with Gasteiger partial charge in [0.25, 0.3) is 0 Å². The first-order valence-corrected chi connectivity index (χ1v) is 13.1. The van der Waals surface area contributed by atoms with Crippen LogP contribution in [0.25, 0.3) is 0 Å². The van der Waals surface area contributed by atoms with Crippen LogP contribution in [-0.4, -0.2) is 67.3 Å². The van der Waals surface area contributed by atoms with Gasteiger partial charge in [-0.15, -0.1) is 0 Å². The molecule has 5 rings (SSSR count). The molecule has 1 saturated heterocycles. The zero-order valence-corrected chi connectivity index (χ0v) is 22.1. The van der Waals surface area contributed by atoms with Crippen molar-refractivity contribution in [3.63, 3.8) is 0 Å². The third-order valence-electron chi connectivity index (χ3n) is 7.29. The van der Waals surface area contributed by atoms with Crippen LogP contribution >= 0.6 is 0 Å². The summed E-state index contributed by atoms with van der Waals surface area (Å²) in [6.45, 7) is 10.00. The Morgan fingerprint density at radius 1 is 0.946 bits per heavy atom. The van der Waals surface area contributed by atoms with E-state index in [1.165, 1.54) is 11.3 Å². The molecule has 0 saturated carbocycles. The van der Waals surface area contributed by atoms with Crippen molar-refractivity contribution in [2.45, 2.75) is 33.4 Å². The lowest BCUT2D eigenvalue weighted by Crippen LogP contribution is -2.47. The normalized spacial score (nSPS) is 15.4. The fraction of sp³-hybridized carbons (Fsp3) is 0.414. The molecule has 0 bridgehead atoms. The van der Waals surface area contributed by atoms with Crippen molar-refractivity contribution in [1.82, 2.24) is 14.9 Å². The zero-order chi connectivity index (χ0) is 25.8. The lowest BCUT2D eigenvalue weighted by Gasteiger charge is -2.37. The summed E-state index contributed by atoms with van der Waals surface area (Å²) >= 11 is 0. The van der Waals surface area contributed by atoms with Gasteiger partial charge in [0.15, 0.2) is 0 Å². The lowest BCUT2D eigenvalue weighted by molar-refractivity contribution is 0.0916. The molecule has 194 valence electrons. The van der Waals surface area contributed by atoms with Gasteiger partial charge in [0, 0.05) is 64.0 Å². The number of amides is 1. The van der Waals surface area contributed by atoms with Crippen LogP contribution in [-0.2, 0) is 24.3 Å². The van der Waals surface area contributed by atoms with Gasteiger partial charge in [-0.05, 0) is 31.5 Å². The first-order chi connectivity index (χ1) is 18.0. The molecule has 0 unspecified atom stereocenters. The second-order valence-electron chi connectivity index (χ2n) is 9.81. The second-order valence-corrected chi connectivity index (χ2v) is 9.81. The lowest BCUT2D eigenvalue weighted by atomic mass is 10.1. The molecule has 0 atom stereocenters. The highest BCUT2D eigenvalue weighted by Gasteiger charge is 2.29. The number of piperazine rings is 1. The Morgan fingerprint density at radius 2 is 1.65 bits per heavy atom. The van der Waals surface area contributed by atoms with Crippen molar-refractivity contribution in [3.05, 3.63) is 77.0 Å². The summed E-state index contributed by atoms with van der Waals surface area (Å²) in [4.78, 5) is 31.5. The molecule has 1 aromatic heterocycles. The Balaban J connectivity index is 1.29. The van der Waals surface area contributed by atoms with Crippen LogP contribution in [0, 0.1) is 6.92 Å². The number of hydrogen-bond donors (Lipinski definition) is 0. The van der Waals surface area contributed by atoms with E-state index in [9.17, 15) is 4.79 Å². The number of ether oxygens (including phenoxy) is 1. The Hall–Kier alpha value is -3.81. The quantitative estimate of drug-likeness (QED) is 0.501. The molecule has 8 heteroatoms. The second kappa shape index (κ2) is 11.1. The number of aromatic nitrogens is 2. The van der Waals surface area contributed by atoms with Gasteiger partial charge in [0.2, 0.25) is 5.95 Å². The van der Waals surface area contributed by atoms with Gasteiger partial charge in [0.05, 0.1) is 12.2 Å². The van der Waals surface area contributed by atoms with Gasteiger partial charge in [0.1, 0.15) is 12.4 Å². The van der Waals surface area contributed by atoms with E-state index in [0.29, 0.717) is 19.5 Å². The minimum Gasteiger partial charge on any atom is -0.445 e. The monoisotopic (exact) mass is 500 g/mol. The highest BCUT2D eigenvalue weighted by molar-refractivity contribution is 5.69. The SMILES string of the molecule is CCN(C)c1nc(N2CCN(c3ccc(C)cc3)CC2)nc2c1CN(C(=O)OCc1ccccc1)CC2. The van der Waals surface area contributed by atoms with Crippen molar-refractivity contribution >= 4 is 23.5 Å². The summed E-state index contributed by atoms with van der Waals surface area (Å²) in [6.07, 6.45) is 0.398. The molecule has 1 fully saturated rings. The maximum atomic E-state index is 12.8. The van der Waals surface area contributed by atoms with E-state index in [4.69, 9.17) is 14.7 Å². The van der Waals surface area contributed by atoms with Crippen LogP contribution in [0.3, 0.4) is 0 Å². The molecule has 0 spiro atoms. The molecule has 8 nitrogen and oxygen atoms in total. The largest absolute Gasteiger partial charge is 0.445 e. The van der Waals surface area contributed by atoms with Crippen LogP contribution in [0.5, 0.6) is 0 Å². The molecule has 0 N–H and O–H groups in total. The van der Waals surface area contributed by atoms with E-state index < -0.39 is 0 Å². The zero-order valence-electron chi connectivity index (χ0n) is 22.1. The summed E-state index contributed by atoms with van der Waals surface area (Å²) in [5.74, 6) is 1.70. The van der Waals surface area contributed by atoms with Gasteiger partial charge < -0.3 is 24.3 Å². The maximum absolute atomic E-state index is 12.8. The predicted molar refractivity (Wildman–Crippen MR) is 147 cm³/mol. The predicted octanol–water partition coefficient (Wildman–Crippen LogP) is 4.26. The van der Waals surface area contributed by atoms with Gasteiger partial charge in [-0.25, -0.2) is 9.78 Å². The van der Waals surface area contributed by atoms with E-state index in [2.05, 4.69) is 52.8 Å². The molecule has 1 amide bonds. The number of fused-ring (bicyclic) bond motifs is 1. The van der Waals surface area contributed by atoms with E-state index in [0.717, 1.165) is 61.3 Å². The number of rotatable bonds is 6. The molecule has 3 heterocycles. The van der Waals surface area contributed by atoms with Crippen LogP contribution in [0.15, 0.2) is 54.6 Å². The van der Waals surface area contributed by atoms with Crippen LogP contribution in [0.4, 0.5) is 22.2 Å². The molecule has 3 aromatic rings. The number of carbonyl (C=O) groups is 1. The fourth-order valence-corrected chi connectivity index (χ4v) is 4.88. The summed E-state index contributed by atoms with van der Waals surface area (Å²) < 4.78 is 5.60. The average molecular weight is 501 g/mol. The molecule has 2 aliphatic heterocycles. The highest BCUT2D eigenvalue weighted by atomic mass is 16.6. The molecular weight excluding hydrogens is 464 g/mol. The Bertz CT molecular complexity index is 1210. The Labute approximate surface area is 219 Å². The number of aryl methyl sites for hydroxylation is 1. The van der Waals surface area contributed by atoms with Crippen molar-refractivity contribution in [3.8, 4) is 0 Å². The smallest absolute Gasteiger partial charge is 0.410 e. The average Bonchev–Trinajstić information content (AvgIpc) is 2.95. The van der Waals surface area contributed by atoms with Crippen molar-refractivity contribution in [2.24, 2.45) is 0 Å². The summed E-state index contributed by atoms with van der Waals surface area (Å²) in [6, 6.07) is 18.5. The van der Waals surface area contributed by atoms with E-state index in [1.807, 2.05) is 37.4 Å². The maximum Gasteiger partial charge on any atom is 0.410 e.